The van der Waals surface area contributed by atoms with Gasteiger partial charge in [0.05, 0.1) is 0 Å². The number of pyridine rings is 1. The Hall–Kier alpha value is -1.68. The van der Waals surface area contributed by atoms with Crippen LogP contribution in [0.2, 0.25) is 0 Å². The second kappa shape index (κ2) is 7.80. The Bertz CT molecular complexity index is 519. The standard InChI is InChI=1S/C16H24N4/c1-3-5-17-12-15-9-14(11-18-13-15)10-16-19-6-8-20(16)7-4-2/h6,8-9,11,13,17H,3-5,7,10,12H2,1-2H3. The summed E-state index contributed by atoms with van der Waals surface area (Å²) in [6.07, 6.45) is 10.9. The van der Waals surface area contributed by atoms with Crippen molar-refractivity contribution in [3.63, 3.8) is 0 Å². The summed E-state index contributed by atoms with van der Waals surface area (Å²) in [6.45, 7) is 7.32. The van der Waals surface area contributed by atoms with Gasteiger partial charge in [-0.3, -0.25) is 4.98 Å². The SMILES string of the molecule is CCCNCc1cncc(Cc2nccn2CCC)c1. The van der Waals surface area contributed by atoms with Gasteiger partial charge in [-0.05, 0) is 30.5 Å². The highest BCUT2D eigenvalue weighted by Gasteiger charge is 2.04. The predicted molar refractivity (Wildman–Crippen MR) is 81.6 cm³/mol. The van der Waals surface area contributed by atoms with E-state index in [1.807, 2.05) is 18.6 Å². The highest BCUT2D eigenvalue weighted by molar-refractivity contribution is 5.21. The minimum atomic E-state index is 0.849. The predicted octanol–water partition coefficient (Wildman–Crippen LogP) is 2.78. The lowest BCUT2D eigenvalue weighted by molar-refractivity contribution is 0.645. The van der Waals surface area contributed by atoms with Crippen LogP contribution in [0.3, 0.4) is 0 Å². The molecule has 0 atom stereocenters. The molecule has 2 rings (SSSR count). The number of rotatable bonds is 8. The van der Waals surface area contributed by atoms with Crippen LogP contribution in [0, 0.1) is 0 Å². The molecule has 2 heterocycles. The van der Waals surface area contributed by atoms with Gasteiger partial charge in [0.25, 0.3) is 0 Å². The third kappa shape index (κ3) is 4.17. The first-order chi connectivity index (χ1) is 9.83. The summed E-state index contributed by atoms with van der Waals surface area (Å²) in [5, 5.41) is 3.41. The van der Waals surface area contributed by atoms with E-state index >= 15 is 0 Å². The van der Waals surface area contributed by atoms with Crippen molar-refractivity contribution in [2.45, 2.75) is 46.2 Å². The number of nitrogens with one attached hydrogen (secondary N) is 1. The zero-order valence-electron chi connectivity index (χ0n) is 12.5. The maximum atomic E-state index is 4.45. The summed E-state index contributed by atoms with van der Waals surface area (Å²) in [5.74, 6) is 1.12. The van der Waals surface area contributed by atoms with E-state index in [4.69, 9.17) is 0 Å². The van der Waals surface area contributed by atoms with Crippen molar-refractivity contribution in [3.05, 3.63) is 47.8 Å². The minimum Gasteiger partial charge on any atom is -0.335 e. The summed E-state index contributed by atoms with van der Waals surface area (Å²) >= 11 is 0. The van der Waals surface area contributed by atoms with Gasteiger partial charge in [0.2, 0.25) is 0 Å². The molecule has 0 spiro atoms. The Morgan fingerprint density at radius 2 is 2.00 bits per heavy atom. The second-order valence-electron chi connectivity index (χ2n) is 5.09. The Labute approximate surface area is 121 Å². The van der Waals surface area contributed by atoms with E-state index in [2.05, 4.69) is 46.0 Å². The number of aryl methyl sites for hydroxylation is 1. The largest absolute Gasteiger partial charge is 0.335 e. The van der Waals surface area contributed by atoms with Gasteiger partial charge in [-0.15, -0.1) is 0 Å². The minimum absolute atomic E-state index is 0.849. The molecule has 0 aliphatic heterocycles. The van der Waals surface area contributed by atoms with Crippen LogP contribution in [-0.2, 0) is 19.5 Å². The van der Waals surface area contributed by atoms with Gasteiger partial charge in [0.15, 0.2) is 0 Å². The van der Waals surface area contributed by atoms with Crippen molar-refractivity contribution in [2.24, 2.45) is 0 Å². The Balaban J connectivity index is 2.01. The molecule has 0 saturated carbocycles. The van der Waals surface area contributed by atoms with Crippen LogP contribution in [0.4, 0.5) is 0 Å². The monoisotopic (exact) mass is 272 g/mol. The van der Waals surface area contributed by atoms with Gasteiger partial charge >= 0.3 is 0 Å². The summed E-state index contributed by atoms with van der Waals surface area (Å²) < 4.78 is 2.22. The molecule has 0 bridgehead atoms. The molecule has 2 aromatic heterocycles. The zero-order valence-corrected chi connectivity index (χ0v) is 12.5. The van der Waals surface area contributed by atoms with E-state index in [0.29, 0.717) is 0 Å². The average Bonchev–Trinajstić information content (AvgIpc) is 2.87. The first-order valence-corrected chi connectivity index (χ1v) is 7.47. The van der Waals surface area contributed by atoms with E-state index < -0.39 is 0 Å². The molecule has 0 unspecified atom stereocenters. The van der Waals surface area contributed by atoms with Gasteiger partial charge in [-0.1, -0.05) is 19.9 Å². The maximum absolute atomic E-state index is 4.45. The van der Waals surface area contributed by atoms with E-state index in [9.17, 15) is 0 Å². The second-order valence-corrected chi connectivity index (χ2v) is 5.09. The fourth-order valence-electron chi connectivity index (χ4n) is 2.28. The van der Waals surface area contributed by atoms with Gasteiger partial charge in [0.1, 0.15) is 5.82 Å². The Morgan fingerprint density at radius 3 is 2.80 bits per heavy atom. The molecular weight excluding hydrogens is 248 g/mol. The Morgan fingerprint density at radius 1 is 1.15 bits per heavy atom. The molecule has 4 heteroatoms. The molecule has 0 saturated heterocycles. The number of hydrogen-bond donors (Lipinski definition) is 1. The van der Waals surface area contributed by atoms with Gasteiger partial charge in [-0.25, -0.2) is 4.98 Å². The van der Waals surface area contributed by atoms with Crippen LogP contribution in [0.15, 0.2) is 30.9 Å². The van der Waals surface area contributed by atoms with Crippen molar-refractivity contribution in [3.8, 4) is 0 Å². The van der Waals surface area contributed by atoms with Crippen LogP contribution in [-0.4, -0.2) is 21.1 Å². The van der Waals surface area contributed by atoms with Crippen LogP contribution in [0.5, 0.6) is 0 Å². The average molecular weight is 272 g/mol. The lowest BCUT2D eigenvalue weighted by Gasteiger charge is -2.08. The van der Waals surface area contributed by atoms with Gasteiger partial charge in [0, 0.05) is 44.3 Å². The smallest absolute Gasteiger partial charge is 0.113 e. The fraction of sp³-hybridized carbons (Fsp3) is 0.500. The first-order valence-electron chi connectivity index (χ1n) is 7.47. The number of nitrogens with zero attached hydrogens (tertiary/aromatic N) is 3. The molecule has 0 amide bonds. The third-order valence-corrected chi connectivity index (χ3v) is 3.24. The zero-order chi connectivity index (χ0) is 14.2. The van der Waals surface area contributed by atoms with Crippen molar-refractivity contribution in [1.82, 2.24) is 19.9 Å². The molecule has 108 valence electrons. The molecule has 20 heavy (non-hydrogen) atoms. The van der Waals surface area contributed by atoms with Crippen LogP contribution in [0.1, 0.15) is 43.6 Å². The van der Waals surface area contributed by atoms with Crippen LogP contribution >= 0.6 is 0 Å². The molecule has 0 aliphatic carbocycles. The lowest BCUT2D eigenvalue weighted by atomic mass is 10.1. The summed E-state index contributed by atoms with van der Waals surface area (Å²) in [4.78, 5) is 8.80. The molecule has 1 N–H and O–H groups in total. The van der Waals surface area contributed by atoms with Gasteiger partial charge in [-0.2, -0.15) is 0 Å². The summed E-state index contributed by atoms with van der Waals surface area (Å²) in [6, 6.07) is 2.22. The fourth-order valence-corrected chi connectivity index (χ4v) is 2.28. The maximum Gasteiger partial charge on any atom is 0.113 e. The molecule has 2 aromatic rings. The van der Waals surface area contributed by atoms with E-state index in [-0.39, 0.29) is 0 Å². The third-order valence-electron chi connectivity index (χ3n) is 3.24. The van der Waals surface area contributed by atoms with Crippen molar-refractivity contribution >= 4 is 0 Å². The first kappa shape index (κ1) is 14.7. The molecule has 0 fully saturated rings. The van der Waals surface area contributed by atoms with E-state index in [0.717, 1.165) is 44.7 Å². The quantitative estimate of drug-likeness (QED) is 0.751. The molecule has 0 radical (unpaired) electrons. The molecule has 0 aliphatic rings. The van der Waals surface area contributed by atoms with Gasteiger partial charge < -0.3 is 9.88 Å². The normalized spacial score (nSPS) is 10.9. The van der Waals surface area contributed by atoms with Crippen molar-refractivity contribution < 1.29 is 0 Å². The van der Waals surface area contributed by atoms with E-state index in [1.165, 1.54) is 11.1 Å². The van der Waals surface area contributed by atoms with E-state index in [1.54, 1.807) is 0 Å². The summed E-state index contributed by atoms with van der Waals surface area (Å²) in [5.41, 5.74) is 2.47. The number of aromatic nitrogens is 3. The van der Waals surface area contributed by atoms with Crippen LogP contribution < -0.4 is 5.32 Å². The molecular formula is C16H24N4. The summed E-state index contributed by atoms with van der Waals surface area (Å²) in [7, 11) is 0. The number of hydrogen-bond acceptors (Lipinski definition) is 3. The lowest BCUT2D eigenvalue weighted by Crippen LogP contribution is -2.14. The van der Waals surface area contributed by atoms with Crippen molar-refractivity contribution in [1.29, 1.82) is 0 Å². The number of imidazole rings is 1. The highest BCUT2D eigenvalue weighted by atomic mass is 15.1. The van der Waals surface area contributed by atoms with Crippen molar-refractivity contribution in [2.75, 3.05) is 6.54 Å². The molecule has 0 aromatic carbocycles. The van der Waals surface area contributed by atoms with Crippen LogP contribution in [0.25, 0.3) is 0 Å². The molecule has 4 nitrogen and oxygen atoms in total. The highest BCUT2D eigenvalue weighted by Crippen LogP contribution is 2.10. The topological polar surface area (TPSA) is 42.7 Å². The Kier molecular flexibility index (Phi) is 5.74.